The molecule has 4 rings (SSSR count). The molecule has 0 spiro atoms. The number of nitrogens with one attached hydrogen (secondary N) is 1. The van der Waals surface area contributed by atoms with Gasteiger partial charge in [-0.15, -0.1) is 0 Å². The summed E-state index contributed by atoms with van der Waals surface area (Å²) in [4.78, 5) is 25.3. The minimum atomic E-state index is -1.05. The molecule has 0 aliphatic rings. The Morgan fingerprint density at radius 2 is 2.00 bits per heavy atom. The molecular weight excluding hydrogens is 412 g/mol. The maximum absolute atomic E-state index is 12.5. The number of aromatic nitrogens is 3. The van der Waals surface area contributed by atoms with E-state index in [1.54, 1.807) is 12.1 Å². The van der Waals surface area contributed by atoms with Crippen LogP contribution in [0.4, 0.5) is 5.13 Å². The van der Waals surface area contributed by atoms with Crippen LogP contribution in [0.1, 0.15) is 22.0 Å². The molecule has 146 valence electrons. The molecule has 29 heavy (non-hydrogen) atoms. The smallest absolute Gasteiger partial charge is 0.259 e. The molecule has 1 aromatic carbocycles. The first-order valence-electron chi connectivity index (χ1n) is 8.63. The number of aliphatic hydroxyl groups is 2. The molecule has 3 N–H and O–H groups in total. The fourth-order valence-corrected chi connectivity index (χ4v) is 3.82. The van der Waals surface area contributed by atoms with E-state index >= 15 is 0 Å². The number of nitrogens with zero attached hydrogens (tertiary/aromatic N) is 3. The summed E-state index contributed by atoms with van der Waals surface area (Å²) in [6.45, 7) is -0.423. The zero-order chi connectivity index (χ0) is 20.4. The number of anilines is 1. The summed E-state index contributed by atoms with van der Waals surface area (Å²) in [6, 6.07) is 12.4. The van der Waals surface area contributed by atoms with Crippen molar-refractivity contribution in [2.45, 2.75) is 6.10 Å². The second-order valence-electron chi connectivity index (χ2n) is 6.17. The van der Waals surface area contributed by atoms with Gasteiger partial charge in [-0.3, -0.25) is 20.1 Å². The monoisotopic (exact) mass is 426 g/mol. The number of amides is 1. The predicted octanol–water partition coefficient (Wildman–Crippen LogP) is 3.68. The number of para-hydroxylation sites is 1. The molecule has 9 heteroatoms. The third kappa shape index (κ3) is 4.10. The molecule has 0 saturated carbocycles. The zero-order valence-corrected chi connectivity index (χ0v) is 16.5. The maximum atomic E-state index is 12.5. The van der Waals surface area contributed by atoms with E-state index in [-0.39, 0.29) is 10.9 Å². The molecule has 0 radical (unpaired) electrons. The molecule has 1 unspecified atom stereocenters. The Bertz CT molecular complexity index is 1150. The second kappa shape index (κ2) is 8.22. The molecule has 1 atom stereocenters. The minimum Gasteiger partial charge on any atom is -0.393 e. The lowest BCUT2D eigenvalue weighted by Crippen LogP contribution is -2.12. The first kappa shape index (κ1) is 19.4. The number of thiazole rings is 1. The Morgan fingerprint density at radius 1 is 1.17 bits per heavy atom. The topological polar surface area (TPSA) is 108 Å². The first-order chi connectivity index (χ1) is 14.0. The van der Waals surface area contributed by atoms with Crippen LogP contribution in [0.15, 0.2) is 54.9 Å². The Morgan fingerprint density at radius 3 is 2.69 bits per heavy atom. The summed E-state index contributed by atoms with van der Waals surface area (Å²) in [5, 5.41) is 22.3. The van der Waals surface area contributed by atoms with Crippen LogP contribution < -0.4 is 5.32 Å². The molecule has 4 aromatic rings. The van der Waals surface area contributed by atoms with Crippen LogP contribution >= 0.6 is 22.9 Å². The normalized spacial score (nSPS) is 12.1. The maximum Gasteiger partial charge on any atom is 0.259 e. The van der Waals surface area contributed by atoms with Crippen molar-refractivity contribution >= 4 is 44.2 Å². The van der Waals surface area contributed by atoms with Gasteiger partial charge < -0.3 is 10.2 Å². The number of hydrogen-bond donors (Lipinski definition) is 3. The van der Waals surface area contributed by atoms with E-state index in [0.29, 0.717) is 27.6 Å². The van der Waals surface area contributed by atoms with Crippen molar-refractivity contribution in [3.8, 4) is 11.4 Å². The van der Waals surface area contributed by atoms with Gasteiger partial charge in [0.25, 0.3) is 5.91 Å². The summed E-state index contributed by atoms with van der Waals surface area (Å²) < 4.78 is 0.992. The summed E-state index contributed by atoms with van der Waals surface area (Å²) >= 11 is 7.63. The number of hydrogen-bond acceptors (Lipinski definition) is 7. The highest BCUT2D eigenvalue weighted by molar-refractivity contribution is 7.22. The van der Waals surface area contributed by atoms with E-state index in [4.69, 9.17) is 16.7 Å². The SMILES string of the molecule is O=C(Nc1nc2ccccc2s1)c1ccc(-c2ncc(C(O)CO)cc2Cl)nc1. The van der Waals surface area contributed by atoms with Crippen molar-refractivity contribution in [3.05, 3.63) is 71.0 Å². The van der Waals surface area contributed by atoms with E-state index in [2.05, 4.69) is 20.3 Å². The van der Waals surface area contributed by atoms with Gasteiger partial charge in [-0.05, 0) is 30.3 Å². The highest BCUT2D eigenvalue weighted by Crippen LogP contribution is 2.28. The van der Waals surface area contributed by atoms with Crippen LogP contribution in [0.5, 0.6) is 0 Å². The summed E-state index contributed by atoms with van der Waals surface area (Å²) in [5.41, 5.74) is 2.51. The van der Waals surface area contributed by atoms with Gasteiger partial charge in [0.15, 0.2) is 5.13 Å². The molecule has 0 aliphatic carbocycles. The van der Waals surface area contributed by atoms with E-state index in [1.807, 2.05) is 24.3 Å². The molecule has 1 amide bonds. The number of fused-ring (bicyclic) bond motifs is 1. The quantitative estimate of drug-likeness (QED) is 0.449. The highest BCUT2D eigenvalue weighted by Gasteiger charge is 2.14. The third-order valence-corrected chi connectivity index (χ3v) is 5.44. The Balaban J connectivity index is 1.52. The average molecular weight is 427 g/mol. The number of aliphatic hydroxyl groups excluding tert-OH is 2. The fraction of sp³-hybridized carbons (Fsp3) is 0.100. The summed E-state index contributed by atoms with van der Waals surface area (Å²) in [7, 11) is 0. The van der Waals surface area contributed by atoms with Crippen LogP contribution in [0.25, 0.3) is 21.6 Å². The van der Waals surface area contributed by atoms with Crippen LogP contribution in [0.3, 0.4) is 0 Å². The molecule has 0 aliphatic heterocycles. The van der Waals surface area contributed by atoms with Crippen molar-refractivity contribution in [1.29, 1.82) is 0 Å². The molecule has 7 nitrogen and oxygen atoms in total. The van der Waals surface area contributed by atoms with Crippen molar-refractivity contribution in [2.24, 2.45) is 0 Å². The van der Waals surface area contributed by atoms with Gasteiger partial charge in [0.1, 0.15) is 11.8 Å². The van der Waals surface area contributed by atoms with Crippen LogP contribution in [-0.2, 0) is 0 Å². The van der Waals surface area contributed by atoms with Crippen molar-refractivity contribution < 1.29 is 15.0 Å². The second-order valence-corrected chi connectivity index (χ2v) is 7.61. The average Bonchev–Trinajstić information content (AvgIpc) is 3.15. The number of pyridine rings is 2. The van der Waals surface area contributed by atoms with E-state index in [9.17, 15) is 9.90 Å². The van der Waals surface area contributed by atoms with Crippen molar-refractivity contribution in [2.75, 3.05) is 11.9 Å². The number of rotatable bonds is 5. The van der Waals surface area contributed by atoms with E-state index < -0.39 is 12.7 Å². The molecular formula is C20H15ClN4O3S. The standard InChI is InChI=1S/C20H15ClN4O3S/c21-13-7-12(16(27)10-26)9-23-18(13)15-6-5-11(8-22-15)19(28)25-20-24-14-3-1-2-4-17(14)29-20/h1-9,16,26-27H,10H2,(H,24,25,28). The lowest BCUT2D eigenvalue weighted by molar-refractivity contribution is 0.0953. The summed E-state index contributed by atoms with van der Waals surface area (Å²) in [6.07, 6.45) is 1.82. The zero-order valence-electron chi connectivity index (χ0n) is 14.9. The molecule has 3 aromatic heterocycles. The van der Waals surface area contributed by atoms with Gasteiger partial charge in [-0.2, -0.15) is 0 Å². The third-order valence-electron chi connectivity index (χ3n) is 4.20. The number of carbonyl (C=O) groups is 1. The molecule has 0 saturated heterocycles. The molecule has 0 fully saturated rings. The largest absolute Gasteiger partial charge is 0.393 e. The highest BCUT2D eigenvalue weighted by atomic mass is 35.5. The van der Waals surface area contributed by atoms with Gasteiger partial charge in [0, 0.05) is 18.0 Å². The number of halogens is 1. The fourth-order valence-electron chi connectivity index (χ4n) is 2.69. The molecule has 3 heterocycles. The van der Waals surface area contributed by atoms with Crippen LogP contribution in [0, 0.1) is 0 Å². The predicted molar refractivity (Wildman–Crippen MR) is 112 cm³/mol. The Kier molecular flexibility index (Phi) is 5.50. The van der Waals surface area contributed by atoms with Gasteiger partial charge in [-0.1, -0.05) is 35.1 Å². The van der Waals surface area contributed by atoms with E-state index in [0.717, 1.165) is 10.2 Å². The first-order valence-corrected chi connectivity index (χ1v) is 9.82. The lowest BCUT2D eigenvalue weighted by Gasteiger charge is -2.10. The van der Waals surface area contributed by atoms with Crippen LogP contribution in [0.2, 0.25) is 5.02 Å². The number of benzene rings is 1. The van der Waals surface area contributed by atoms with Crippen LogP contribution in [-0.4, -0.2) is 37.7 Å². The van der Waals surface area contributed by atoms with Gasteiger partial charge >= 0.3 is 0 Å². The van der Waals surface area contributed by atoms with Gasteiger partial charge in [-0.25, -0.2) is 4.98 Å². The van der Waals surface area contributed by atoms with Crippen molar-refractivity contribution in [3.63, 3.8) is 0 Å². The van der Waals surface area contributed by atoms with Gasteiger partial charge in [0.2, 0.25) is 0 Å². The van der Waals surface area contributed by atoms with Gasteiger partial charge in [0.05, 0.1) is 33.1 Å². The van der Waals surface area contributed by atoms with E-state index in [1.165, 1.54) is 29.8 Å². The number of carbonyl (C=O) groups excluding carboxylic acids is 1. The molecule has 0 bridgehead atoms. The lowest BCUT2D eigenvalue weighted by atomic mass is 10.1. The summed E-state index contributed by atoms with van der Waals surface area (Å²) in [5.74, 6) is -0.316. The van der Waals surface area contributed by atoms with Crippen molar-refractivity contribution in [1.82, 2.24) is 15.0 Å². The minimum absolute atomic E-state index is 0.286. The Labute approximate surface area is 174 Å². The Hall–Kier alpha value is -2.91.